The standard InChI is InChI=1S/C12H11N3OS3/c1-8-13-9(6-19-8)5-17-7-11-14-12(16-15-11)10-3-2-4-18-10/h2-4,6H,5,7H2,1H3. The molecule has 3 aromatic heterocycles. The van der Waals surface area contributed by atoms with Crippen molar-refractivity contribution in [3.8, 4) is 10.8 Å². The number of aromatic nitrogens is 3. The normalized spacial score (nSPS) is 11.0. The summed E-state index contributed by atoms with van der Waals surface area (Å²) in [5.74, 6) is 2.97. The fraction of sp³-hybridized carbons (Fsp3) is 0.250. The average molecular weight is 309 g/mol. The molecule has 0 fully saturated rings. The molecule has 0 N–H and O–H groups in total. The van der Waals surface area contributed by atoms with Gasteiger partial charge in [-0.05, 0) is 18.4 Å². The summed E-state index contributed by atoms with van der Waals surface area (Å²) in [6.07, 6.45) is 0. The molecule has 0 spiro atoms. The summed E-state index contributed by atoms with van der Waals surface area (Å²) in [5, 5.41) is 9.19. The number of hydrogen-bond acceptors (Lipinski definition) is 7. The highest BCUT2D eigenvalue weighted by Gasteiger charge is 2.09. The zero-order valence-corrected chi connectivity index (χ0v) is 12.6. The van der Waals surface area contributed by atoms with Gasteiger partial charge in [-0.3, -0.25) is 0 Å². The quantitative estimate of drug-likeness (QED) is 0.713. The van der Waals surface area contributed by atoms with Gasteiger partial charge in [0.1, 0.15) is 0 Å². The Bertz CT molecular complexity index is 645. The van der Waals surface area contributed by atoms with Crippen molar-refractivity contribution in [2.45, 2.75) is 18.4 Å². The van der Waals surface area contributed by atoms with Gasteiger partial charge in [0, 0.05) is 11.1 Å². The highest BCUT2D eigenvalue weighted by Crippen LogP contribution is 2.24. The van der Waals surface area contributed by atoms with E-state index in [4.69, 9.17) is 4.52 Å². The molecule has 0 saturated carbocycles. The SMILES string of the molecule is Cc1nc(CSCc2noc(-c3cccs3)n2)cs1. The molecule has 4 nitrogen and oxygen atoms in total. The molecule has 3 heterocycles. The van der Waals surface area contributed by atoms with Gasteiger partial charge in [-0.25, -0.2) is 4.98 Å². The van der Waals surface area contributed by atoms with Crippen molar-refractivity contribution in [3.05, 3.63) is 39.4 Å². The van der Waals surface area contributed by atoms with E-state index in [-0.39, 0.29) is 0 Å². The predicted octanol–water partition coefficient (Wildman–Crippen LogP) is 4.00. The molecule has 0 aliphatic rings. The van der Waals surface area contributed by atoms with Gasteiger partial charge in [-0.2, -0.15) is 4.98 Å². The maximum absolute atomic E-state index is 5.24. The smallest absolute Gasteiger partial charge is 0.268 e. The Labute approximate surface area is 122 Å². The van der Waals surface area contributed by atoms with Gasteiger partial charge >= 0.3 is 0 Å². The van der Waals surface area contributed by atoms with E-state index in [1.54, 1.807) is 34.4 Å². The van der Waals surface area contributed by atoms with Crippen LogP contribution in [0.4, 0.5) is 0 Å². The largest absolute Gasteiger partial charge is 0.333 e. The van der Waals surface area contributed by atoms with Crippen LogP contribution in [0.15, 0.2) is 27.4 Å². The Morgan fingerprint density at radius 2 is 2.21 bits per heavy atom. The Morgan fingerprint density at radius 1 is 1.26 bits per heavy atom. The molecule has 0 saturated heterocycles. The van der Waals surface area contributed by atoms with Crippen LogP contribution < -0.4 is 0 Å². The Morgan fingerprint density at radius 3 is 2.95 bits per heavy atom. The first-order valence-corrected chi connectivity index (χ1v) is 8.58. The number of thiophene rings is 1. The van der Waals surface area contributed by atoms with Crippen molar-refractivity contribution in [3.63, 3.8) is 0 Å². The summed E-state index contributed by atoms with van der Waals surface area (Å²) in [5.41, 5.74) is 1.12. The Balaban J connectivity index is 1.56. The number of thiazole rings is 1. The van der Waals surface area contributed by atoms with Crippen LogP contribution >= 0.6 is 34.4 Å². The second-order valence-electron chi connectivity index (χ2n) is 3.84. The van der Waals surface area contributed by atoms with E-state index in [2.05, 4.69) is 20.5 Å². The third kappa shape index (κ3) is 3.23. The molecular weight excluding hydrogens is 298 g/mol. The molecule has 19 heavy (non-hydrogen) atoms. The van der Waals surface area contributed by atoms with Crippen molar-refractivity contribution in [2.24, 2.45) is 0 Å². The summed E-state index contributed by atoms with van der Waals surface area (Å²) in [6.45, 7) is 2.02. The predicted molar refractivity (Wildman–Crippen MR) is 79.5 cm³/mol. The summed E-state index contributed by atoms with van der Waals surface area (Å²) in [4.78, 5) is 9.82. The van der Waals surface area contributed by atoms with Gasteiger partial charge in [-0.15, -0.1) is 34.4 Å². The van der Waals surface area contributed by atoms with Crippen LogP contribution in [0.25, 0.3) is 10.8 Å². The monoisotopic (exact) mass is 309 g/mol. The number of aryl methyl sites for hydroxylation is 1. The van der Waals surface area contributed by atoms with Crippen LogP contribution in [-0.4, -0.2) is 15.1 Å². The van der Waals surface area contributed by atoms with E-state index < -0.39 is 0 Å². The maximum Gasteiger partial charge on any atom is 0.268 e. The zero-order chi connectivity index (χ0) is 13.1. The summed E-state index contributed by atoms with van der Waals surface area (Å²) >= 11 is 5.03. The molecule has 0 aliphatic carbocycles. The lowest BCUT2D eigenvalue weighted by Gasteiger charge is -1.93. The Hall–Kier alpha value is -1.18. The van der Waals surface area contributed by atoms with Crippen molar-refractivity contribution in [1.82, 2.24) is 15.1 Å². The van der Waals surface area contributed by atoms with Crippen LogP contribution in [0.3, 0.4) is 0 Å². The van der Waals surface area contributed by atoms with E-state index in [1.165, 1.54) is 0 Å². The highest BCUT2D eigenvalue weighted by atomic mass is 32.2. The number of thioether (sulfide) groups is 1. The van der Waals surface area contributed by atoms with E-state index in [9.17, 15) is 0 Å². The summed E-state index contributed by atoms with van der Waals surface area (Å²) in [7, 11) is 0. The summed E-state index contributed by atoms with van der Waals surface area (Å²) in [6, 6.07) is 3.95. The van der Waals surface area contributed by atoms with Crippen LogP contribution in [-0.2, 0) is 11.5 Å². The first-order valence-electron chi connectivity index (χ1n) is 5.66. The second kappa shape index (κ2) is 5.85. The first-order chi connectivity index (χ1) is 9.31. The molecule has 0 unspecified atom stereocenters. The number of hydrogen-bond donors (Lipinski definition) is 0. The molecule has 0 bridgehead atoms. The van der Waals surface area contributed by atoms with E-state index in [1.807, 2.05) is 24.4 Å². The second-order valence-corrected chi connectivity index (χ2v) is 6.84. The third-order valence-corrected chi connectivity index (χ3v) is 4.99. The van der Waals surface area contributed by atoms with Crippen molar-refractivity contribution in [2.75, 3.05) is 0 Å². The molecule has 0 aliphatic heterocycles. The Kier molecular flexibility index (Phi) is 3.95. The van der Waals surface area contributed by atoms with Crippen LogP contribution in [0.1, 0.15) is 16.5 Å². The van der Waals surface area contributed by atoms with Gasteiger partial charge < -0.3 is 4.52 Å². The van der Waals surface area contributed by atoms with Gasteiger partial charge in [0.2, 0.25) is 0 Å². The van der Waals surface area contributed by atoms with Crippen molar-refractivity contribution < 1.29 is 4.52 Å². The molecule has 0 atom stereocenters. The molecule has 98 valence electrons. The van der Waals surface area contributed by atoms with Gasteiger partial charge in [-0.1, -0.05) is 11.2 Å². The van der Waals surface area contributed by atoms with Gasteiger partial charge in [0.05, 0.1) is 21.3 Å². The lowest BCUT2D eigenvalue weighted by molar-refractivity contribution is 0.426. The molecule has 0 radical (unpaired) electrons. The molecule has 7 heteroatoms. The van der Waals surface area contributed by atoms with Crippen molar-refractivity contribution in [1.29, 1.82) is 0 Å². The topological polar surface area (TPSA) is 51.8 Å². The molecule has 0 amide bonds. The average Bonchev–Trinajstić information content (AvgIpc) is 3.09. The van der Waals surface area contributed by atoms with Gasteiger partial charge in [0.15, 0.2) is 5.82 Å². The highest BCUT2D eigenvalue weighted by molar-refractivity contribution is 7.97. The molecule has 0 aromatic carbocycles. The fourth-order valence-corrected chi connectivity index (χ4v) is 3.66. The minimum absolute atomic E-state index is 0.607. The van der Waals surface area contributed by atoms with E-state index in [0.717, 1.165) is 32.9 Å². The lowest BCUT2D eigenvalue weighted by Crippen LogP contribution is -1.86. The molecular formula is C12H11N3OS3. The van der Waals surface area contributed by atoms with E-state index >= 15 is 0 Å². The summed E-state index contributed by atoms with van der Waals surface area (Å²) < 4.78 is 5.24. The lowest BCUT2D eigenvalue weighted by atomic mass is 10.5. The fourth-order valence-electron chi connectivity index (χ4n) is 1.53. The minimum Gasteiger partial charge on any atom is -0.333 e. The van der Waals surface area contributed by atoms with E-state index in [0.29, 0.717) is 5.89 Å². The van der Waals surface area contributed by atoms with Crippen molar-refractivity contribution >= 4 is 34.4 Å². The zero-order valence-electron chi connectivity index (χ0n) is 10.2. The van der Waals surface area contributed by atoms with Crippen LogP contribution in [0.2, 0.25) is 0 Å². The van der Waals surface area contributed by atoms with Gasteiger partial charge in [0.25, 0.3) is 5.89 Å². The molecule has 3 aromatic rings. The van der Waals surface area contributed by atoms with Crippen LogP contribution in [0, 0.1) is 6.92 Å². The van der Waals surface area contributed by atoms with Crippen LogP contribution in [0.5, 0.6) is 0 Å². The number of nitrogens with zero attached hydrogens (tertiary/aromatic N) is 3. The maximum atomic E-state index is 5.24. The molecule has 3 rings (SSSR count). The minimum atomic E-state index is 0.607. The number of rotatable bonds is 5. The third-order valence-electron chi connectivity index (χ3n) is 2.35. The first kappa shape index (κ1) is 12.8.